The third kappa shape index (κ3) is 3.05. The molecule has 0 fully saturated rings. The van der Waals surface area contributed by atoms with Crippen LogP contribution in [0, 0.1) is 18.3 Å². The van der Waals surface area contributed by atoms with Gasteiger partial charge in [-0.1, -0.05) is 36.4 Å². The van der Waals surface area contributed by atoms with Crippen molar-refractivity contribution < 1.29 is 4.79 Å². The molecule has 1 unspecified atom stereocenters. The molecule has 1 aromatic heterocycles. The summed E-state index contributed by atoms with van der Waals surface area (Å²) in [5, 5.41) is 8.92. The fourth-order valence-corrected chi connectivity index (χ4v) is 1.93. The zero-order valence-corrected chi connectivity index (χ0v) is 10.7. The van der Waals surface area contributed by atoms with Gasteiger partial charge < -0.3 is 0 Å². The lowest BCUT2D eigenvalue weighted by Crippen LogP contribution is -2.14. The number of benzene rings is 1. The van der Waals surface area contributed by atoms with Crippen LogP contribution in [0.5, 0.6) is 0 Å². The fourth-order valence-electron chi connectivity index (χ4n) is 1.93. The normalized spacial score (nSPS) is 11.6. The highest BCUT2D eigenvalue weighted by Gasteiger charge is 2.22. The molecule has 0 aliphatic heterocycles. The molecular weight excluding hydrogens is 236 g/mol. The SMILES string of the molecule is Cc1ccc(C(=O)C(CC#N)c2ccccc2)nc1. The Morgan fingerprint density at radius 2 is 2.00 bits per heavy atom. The van der Waals surface area contributed by atoms with Crippen LogP contribution in [0.1, 0.15) is 34.0 Å². The minimum absolute atomic E-state index is 0.104. The number of aryl methyl sites for hydroxylation is 1. The molecule has 2 rings (SSSR count). The summed E-state index contributed by atoms with van der Waals surface area (Å²) < 4.78 is 0. The lowest BCUT2D eigenvalue weighted by Gasteiger charge is -2.12. The Morgan fingerprint density at radius 3 is 2.58 bits per heavy atom. The Hall–Kier alpha value is -2.47. The first-order valence-corrected chi connectivity index (χ1v) is 6.11. The van der Waals surface area contributed by atoms with Crippen LogP contribution < -0.4 is 0 Å². The molecule has 1 aromatic carbocycles. The van der Waals surface area contributed by atoms with Crippen LogP contribution in [0.2, 0.25) is 0 Å². The number of carbonyl (C=O) groups is 1. The highest BCUT2D eigenvalue weighted by molar-refractivity contribution is 5.99. The number of nitrogens with zero attached hydrogens (tertiary/aromatic N) is 2. The molecule has 1 atom stereocenters. The number of rotatable bonds is 4. The van der Waals surface area contributed by atoms with Crippen LogP contribution in [0.4, 0.5) is 0 Å². The van der Waals surface area contributed by atoms with E-state index in [2.05, 4.69) is 11.1 Å². The van der Waals surface area contributed by atoms with Crippen molar-refractivity contribution in [2.24, 2.45) is 0 Å². The Balaban J connectivity index is 2.32. The van der Waals surface area contributed by atoms with Crippen LogP contribution in [-0.4, -0.2) is 10.8 Å². The Labute approximate surface area is 112 Å². The van der Waals surface area contributed by atoms with Gasteiger partial charge in [0.15, 0.2) is 5.78 Å². The molecule has 94 valence electrons. The molecule has 0 saturated carbocycles. The average Bonchev–Trinajstić information content (AvgIpc) is 2.46. The van der Waals surface area contributed by atoms with E-state index in [1.165, 1.54) is 0 Å². The maximum atomic E-state index is 12.4. The number of hydrogen-bond donors (Lipinski definition) is 0. The van der Waals surface area contributed by atoms with Crippen LogP contribution in [-0.2, 0) is 0 Å². The molecule has 3 nitrogen and oxygen atoms in total. The molecule has 0 bridgehead atoms. The summed E-state index contributed by atoms with van der Waals surface area (Å²) in [5.74, 6) is -0.547. The lowest BCUT2D eigenvalue weighted by molar-refractivity contribution is 0.0955. The molecule has 0 aliphatic rings. The predicted octanol–water partition coefficient (Wildman–Crippen LogP) is 3.27. The number of hydrogen-bond acceptors (Lipinski definition) is 3. The zero-order valence-electron chi connectivity index (χ0n) is 10.7. The van der Waals surface area contributed by atoms with Gasteiger partial charge in [0.05, 0.1) is 12.0 Å². The maximum Gasteiger partial charge on any atom is 0.189 e. The third-order valence-corrected chi connectivity index (χ3v) is 2.98. The highest BCUT2D eigenvalue weighted by Crippen LogP contribution is 2.23. The number of ketones is 1. The van der Waals surface area contributed by atoms with Crippen LogP contribution in [0.3, 0.4) is 0 Å². The van der Waals surface area contributed by atoms with Gasteiger partial charge >= 0.3 is 0 Å². The van der Waals surface area contributed by atoms with Gasteiger partial charge in [-0.05, 0) is 24.1 Å². The van der Waals surface area contributed by atoms with E-state index in [-0.39, 0.29) is 12.2 Å². The van der Waals surface area contributed by atoms with Crippen molar-refractivity contribution in [3.05, 3.63) is 65.5 Å². The van der Waals surface area contributed by atoms with Gasteiger partial charge in [-0.3, -0.25) is 9.78 Å². The second-order valence-corrected chi connectivity index (χ2v) is 4.41. The standard InChI is InChI=1S/C16H14N2O/c1-12-7-8-15(18-11-12)16(19)14(9-10-17)13-5-3-2-4-6-13/h2-8,11,14H,9H2,1H3. The third-order valence-electron chi connectivity index (χ3n) is 2.98. The number of pyridine rings is 1. The molecule has 19 heavy (non-hydrogen) atoms. The molecular formula is C16H14N2O. The summed E-state index contributed by atoms with van der Waals surface area (Å²) in [6.07, 6.45) is 1.83. The van der Waals surface area contributed by atoms with Gasteiger partial charge in [0, 0.05) is 12.6 Å². The maximum absolute atomic E-state index is 12.4. The summed E-state index contributed by atoms with van der Waals surface area (Å²) in [5.41, 5.74) is 2.28. The van der Waals surface area contributed by atoms with E-state index in [1.807, 2.05) is 43.3 Å². The lowest BCUT2D eigenvalue weighted by atomic mass is 9.90. The van der Waals surface area contributed by atoms with Crippen LogP contribution in [0.25, 0.3) is 0 Å². The molecule has 0 aliphatic carbocycles. The van der Waals surface area contributed by atoms with E-state index in [0.717, 1.165) is 11.1 Å². The van der Waals surface area contributed by atoms with Crippen molar-refractivity contribution in [1.82, 2.24) is 4.98 Å². The topological polar surface area (TPSA) is 53.8 Å². The first-order valence-electron chi connectivity index (χ1n) is 6.11. The molecule has 1 heterocycles. The largest absolute Gasteiger partial charge is 0.292 e. The summed E-state index contributed by atoms with van der Waals surface area (Å²) in [6, 6.07) is 15.0. The van der Waals surface area contributed by atoms with Crippen molar-refractivity contribution in [1.29, 1.82) is 5.26 Å². The number of Topliss-reactive ketones (excluding diaryl/α,β-unsaturated/α-hetero) is 1. The Morgan fingerprint density at radius 1 is 1.26 bits per heavy atom. The first-order chi connectivity index (χ1) is 9.22. The quantitative estimate of drug-likeness (QED) is 0.782. The number of aromatic nitrogens is 1. The van der Waals surface area contributed by atoms with E-state index in [9.17, 15) is 4.79 Å². The van der Waals surface area contributed by atoms with E-state index in [4.69, 9.17) is 5.26 Å². The molecule has 0 N–H and O–H groups in total. The average molecular weight is 250 g/mol. The number of nitriles is 1. The molecule has 0 spiro atoms. The van der Waals surface area contributed by atoms with Gasteiger partial charge in [-0.15, -0.1) is 0 Å². The predicted molar refractivity (Wildman–Crippen MR) is 72.7 cm³/mol. The van der Waals surface area contributed by atoms with Gasteiger partial charge in [-0.2, -0.15) is 5.26 Å². The smallest absolute Gasteiger partial charge is 0.189 e. The van der Waals surface area contributed by atoms with Gasteiger partial charge in [0.25, 0.3) is 0 Å². The monoisotopic (exact) mass is 250 g/mol. The van der Waals surface area contributed by atoms with E-state index in [0.29, 0.717) is 5.69 Å². The van der Waals surface area contributed by atoms with Crippen molar-refractivity contribution in [3.63, 3.8) is 0 Å². The van der Waals surface area contributed by atoms with Crippen LogP contribution >= 0.6 is 0 Å². The summed E-state index contributed by atoms with van der Waals surface area (Å²) in [6.45, 7) is 1.92. The molecule has 0 amide bonds. The van der Waals surface area contributed by atoms with Gasteiger partial charge in [0.1, 0.15) is 5.69 Å². The van der Waals surface area contributed by atoms with Crippen molar-refractivity contribution >= 4 is 5.78 Å². The van der Waals surface area contributed by atoms with Crippen molar-refractivity contribution in [2.45, 2.75) is 19.3 Å². The Kier molecular flexibility index (Phi) is 4.04. The van der Waals surface area contributed by atoms with E-state index >= 15 is 0 Å². The van der Waals surface area contributed by atoms with E-state index < -0.39 is 5.92 Å². The summed E-state index contributed by atoms with van der Waals surface area (Å²) >= 11 is 0. The second kappa shape index (κ2) is 5.92. The molecule has 0 saturated heterocycles. The fraction of sp³-hybridized carbons (Fsp3) is 0.188. The number of carbonyl (C=O) groups excluding carboxylic acids is 1. The van der Waals surface area contributed by atoms with Crippen LogP contribution in [0.15, 0.2) is 48.7 Å². The summed E-state index contributed by atoms with van der Waals surface area (Å²) in [7, 11) is 0. The van der Waals surface area contributed by atoms with Crippen molar-refractivity contribution in [2.75, 3.05) is 0 Å². The minimum atomic E-state index is -0.443. The molecule has 2 aromatic rings. The second-order valence-electron chi connectivity index (χ2n) is 4.41. The van der Waals surface area contributed by atoms with Gasteiger partial charge in [-0.25, -0.2) is 0 Å². The molecule has 3 heteroatoms. The highest BCUT2D eigenvalue weighted by atomic mass is 16.1. The minimum Gasteiger partial charge on any atom is -0.292 e. The summed E-state index contributed by atoms with van der Waals surface area (Å²) in [4.78, 5) is 16.6. The van der Waals surface area contributed by atoms with E-state index in [1.54, 1.807) is 12.3 Å². The zero-order chi connectivity index (χ0) is 13.7. The first kappa shape index (κ1) is 13.0. The Bertz CT molecular complexity index is 597. The van der Waals surface area contributed by atoms with Crippen molar-refractivity contribution in [3.8, 4) is 6.07 Å². The molecule has 0 radical (unpaired) electrons. The van der Waals surface area contributed by atoms with Gasteiger partial charge in [0.2, 0.25) is 0 Å².